The summed E-state index contributed by atoms with van der Waals surface area (Å²) in [4.78, 5) is 29.9. The molecule has 0 aliphatic heterocycles. The van der Waals surface area contributed by atoms with Gasteiger partial charge in [-0.1, -0.05) is 29.3 Å². The minimum Gasteiger partial charge on any atom is -0.387 e. The normalized spacial score (nSPS) is 10.3. The van der Waals surface area contributed by atoms with E-state index in [1.165, 1.54) is 6.20 Å². The number of halogens is 1. The minimum atomic E-state index is -0.405. The molecule has 4 N–H and O–H groups in total. The summed E-state index contributed by atoms with van der Waals surface area (Å²) in [6.45, 7) is 3.54. The van der Waals surface area contributed by atoms with Gasteiger partial charge in [0, 0.05) is 24.6 Å². The van der Waals surface area contributed by atoms with Crippen LogP contribution in [0.25, 0.3) is 0 Å². The molecule has 1 aromatic heterocycles. The molecular formula is C23H22ClN5O2. The number of amides is 2. The van der Waals surface area contributed by atoms with E-state index < -0.39 is 5.91 Å². The maximum atomic E-state index is 13.0. The van der Waals surface area contributed by atoms with Crippen molar-refractivity contribution < 1.29 is 9.59 Å². The fraction of sp³-hybridized carbons (Fsp3) is 0.130. The molecule has 158 valence electrons. The molecule has 0 saturated carbocycles. The zero-order valence-electron chi connectivity index (χ0n) is 17.3. The molecule has 0 aliphatic rings. The molecule has 0 unspecified atom stereocenters. The van der Waals surface area contributed by atoms with Gasteiger partial charge in [-0.05, 0) is 55.8 Å². The van der Waals surface area contributed by atoms with Crippen LogP contribution in [0.1, 0.15) is 38.8 Å². The molecule has 1 heterocycles. The summed E-state index contributed by atoms with van der Waals surface area (Å²) in [6.07, 6.45) is 1.44. The number of carbonyl (C=O) groups excluding carboxylic acids is 2. The topological polar surface area (TPSA) is 107 Å². The molecule has 8 heteroatoms. The summed E-state index contributed by atoms with van der Waals surface area (Å²) in [7, 11) is 1.71. The second kappa shape index (κ2) is 9.40. The van der Waals surface area contributed by atoms with E-state index in [1.54, 1.807) is 56.4 Å². The van der Waals surface area contributed by atoms with Crippen molar-refractivity contribution in [3.05, 3.63) is 82.0 Å². The van der Waals surface area contributed by atoms with Gasteiger partial charge in [0.15, 0.2) is 0 Å². The third-order valence-corrected chi connectivity index (χ3v) is 4.83. The second-order valence-corrected chi connectivity index (χ2v) is 7.39. The fourth-order valence-corrected chi connectivity index (χ4v) is 3.07. The summed E-state index contributed by atoms with van der Waals surface area (Å²) in [6, 6.07) is 13.5. The molecule has 0 fully saturated rings. The SMILES string of the molecule is CNc1cc(C(C)=N)ccc1C(=O)Nc1ccc(C)cc1C(=O)Nc1ccc(Cl)cn1. The van der Waals surface area contributed by atoms with Crippen molar-refractivity contribution in [2.45, 2.75) is 13.8 Å². The van der Waals surface area contributed by atoms with E-state index in [4.69, 9.17) is 17.0 Å². The Morgan fingerprint density at radius 3 is 2.32 bits per heavy atom. The number of anilines is 3. The Morgan fingerprint density at radius 2 is 1.68 bits per heavy atom. The second-order valence-electron chi connectivity index (χ2n) is 6.95. The highest BCUT2D eigenvalue weighted by molar-refractivity contribution is 6.30. The van der Waals surface area contributed by atoms with Crippen molar-refractivity contribution in [1.82, 2.24) is 4.98 Å². The number of pyridine rings is 1. The predicted molar refractivity (Wildman–Crippen MR) is 125 cm³/mol. The first-order chi connectivity index (χ1) is 14.8. The highest BCUT2D eigenvalue weighted by Gasteiger charge is 2.18. The molecular weight excluding hydrogens is 414 g/mol. The van der Waals surface area contributed by atoms with Gasteiger partial charge in [-0.25, -0.2) is 4.98 Å². The molecule has 0 bridgehead atoms. The number of aromatic nitrogens is 1. The van der Waals surface area contributed by atoms with E-state index in [-0.39, 0.29) is 5.91 Å². The van der Waals surface area contributed by atoms with E-state index in [2.05, 4.69) is 20.9 Å². The van der Waals surface area contributed by atoms with Crippen LogP contribution < -0.4 is 16.0 Å². The van der Waals surface area contributed by atoms with Crippen LogP contribution >= 0.6 is 11.6 Å². The number of aryl methyl sites for hydroxylation is 1. The monoisotopic (exact) mass is 435 g/mol. The Kier molecular flexibility index (Phi) is 6.67. The first kappa shape index (κ1) is 22.0. The first-order valence-corrected chi connectivity index (χ1v) is 9.88. The van der Waals surface area contributed by atoms with Gasteiger partial charge in [-0.15, -0.1) is 0 Å². The third kappa shape index (κ3) is 5.26. The zero-order valence-corrected chi connectivity index (χ0v) is 18.1. The molecule has 2 amide bonds. The average molecular weight is 436 g/mol. The summed E-state index contributed by atoms with van der Waals surface area (Å²) in [5, 5.41) is 16.8. The number of carbonyl (C=O) groups is 2. The molecule has 2 aromatic carbocycles. The lowest BCUT2D eigenvalue weighted by Crippen LogP contribution is -2.19. The third-order valence-electron chi connectivity index (χ3n) is 4.60. The molecule has 31 heavy (non-hydrogen) atoms. The summed E-state index contributed by atoms with van der Waals surface area (Å²) < 4.78 is 0. The number of hydrogen-bond acceptors (Lipinski definition) is 5. The molecule has 0 atom stereocenters. The Bertz CT molecular complexity index is 1160. The fourth-order valence-electron chi connectivity index (χ4n) is 2.96. The van der Waals surface area contributed by atoms with Crippen LogP contribution in [0.5, 0.6) is 0 Å². The van der Waals surface area contributed by atoms with Crippen LogP contribution in [0.4, 0.5) is 17.2 Å². The van der Waals surface area contributed by atoms with Crippen molar-refractivity contribution in [1.29, 1.82) is 5.41 Å². The predicted octanol–water partition coefficient (Wildman–Crippen LogP) is 4.98. The average Bonchev–Trinajstić information content (AvgIpc) is 2.75. The lowest BCUT2D eigenvalue weighted by atomic mass is 10.0. The van der Waals surface area contributed by atoms with Crippen LogP contribution in [0.2, 0.25) is 5.02 Å². The highest BCUT2D eigenvalue weighted by atomic mass is 35.5. The van der Waals surface area contributed by atoms with Crippen LogP contribution in [-0.4, -0.2) is 29.6 Å². The van der Waals surface area contributed by atoms with E-state index in [0.29, 0.717) is 44.6 Å². The van der Waals surface area contributed by atoms with Crippen molar-refractivity contribution >= 4 is 46.3 Å². The summed E-state index contributed by atoms with van der Waals surface area (Å²) in [5.74, 6) is -0.429. The minimum absolute atomic E-state index is 0.308. The largest absolute Gasteiger partial charge is 0.387 e. The van der Waals surface area contributed by atoms with Gasteiger partial charge >= 0.3 is 0 Å². The molecule has 0 saturated heterocycles. The highest BCUT2D eigenvalue weighted by Crippen LogP contribution is 2.23. The van der Waals surface area contributed by atoms with Gasteiger partial charge in [-0.2, -0.15) is 0 Å². The molecule has 0 radical (unpaired) electrons. The van der Waals surface area contributed by atoms with Crippen LogP contribution in [-0.2, 0) is 0 Å². The van der Waals surface area contributed by atoms with Gasteiger partial charge in [0.2, 0.25) is 0 Å². The van der Waals surface area contributed by atoms with Gasteiger partial charge in [0.1, 0.15) is 5.82 Å². The Balaban J connectivity index is 1.88. The number of nitrogens with zero attached hydrogens (tertiary/aromatic N) is 1. The quantitative estimate of drug-likeness (QED) is 0.409. The molecule has 0 aliphatic carbocycles. The number of rotatable bonds is 6. The van der Waals surface area contributed by atoms with Gasteiger partial charge in [0.25, 0.3) is 11.8 Å². The van der Waals surface area contributed by atoms with Crippen LogP contribution in [0.3, 0.4) is 0 Å². The molecule has 0 spiro atoms. The van der Waals surface area contributed by atoms with Gasteiger partial charge in [-0.3, -0.25) is 9.59 Å². The summed E-state index contributed by atoms with van der Waals surface area (Å²) in [5.41, 5.74) is 3.65. The zero-order chi connectivity index (χ0) is 22.5. The van der Waals surface area contributed by atoms with Crippen molar-refractivity contribution in [3.63, 3.8) is 0 Å². The molecule has 7 nitrogen and oxygen atoms in total. The Labute approximate surface area is 185 Å². The lowest BCUT2D eigenvalue weighted by Gasteiger charge is -2.14. The number of hydrogen-bond donors (Lipinski definition) is 4. The summed E-state index contributed by atoms with van der Waals surface area (Å²) >= 11 is 5.84. The standard InChI is InChI=1S/C23H22ClN5O2/c1-13-4-8-19(18(10-13)23(31)29-21-9-6-16(24)12-27-21)28-22(30)17-7-5-15(14(2)25)11-20(17)26-3/h4-12,25-26H,1-3H3,(H,28,30)(H,27,29,31). The van der Waals surface area contributed by atoms with E-state index in [9.17, 15) is 9.59 Å². The first-order valence-electron chi connectivity index (χ1n) is 9.50. The Hall–Kier alpha value is -3.71. The van der Waals surface area contributed by atoms with Crippen molar-refractivity contribution in [2.75, 3.05) is 23.0 Å². The Morgan fingerprint density at radius 1 is 0.935 bits per heavy atom. The van der Waals surface area contributed by atoms with Crippen LogP contribution in [0.15, 0.2) is 54.7 Å². The number of benzene rings is 2. The number of nitrogens with one attached hydrogen (secondary N) is 4. The van der Waals surface area contributed by atoms with Gasteiger partial charge < -0.3 is 21.4 Å². The maximum Gasteiger partial charge on any atom is 0.258 e. The van der Waals surface area contributed by atoms with Crippen molar-refractivity contribution in [2.24, 2.45) is 0 Å². The van der Waals surface area contributed by atoms with Crippen LogP contribution in [0, 0.1) is 12.3 Å². The van der Waals surface area contributed by atoms with E-state index in [1.807, 2.05) is 13.0 Å². The van der Waals surface area contributed by atoms with E-state index in [0.717, 1.165) is 5.56 Å². The molecule has 3 aromatic rings. The van der Waals surface area contributed by atoms with Crippen molar-refractivity contribution in [3.8, 4) is 0 Å². The lowest BCUT2D eigenvalue weighted by molar-refractivity contribution is 0.102. The molecule has 3 rings (SSSR count). The van der Waals surface area contributed by atoms with E-state index >= 15 is 0 Å². The smallest absolute Gasteiger partial charge is 0.258 e. The maximum absolute atomic E-state index is 13.0. The van der Waals surface area contributed by atoms with Gasteiger partial charge in [0.05, 0.1) is 21.8 Å².